The van der Waals surface area contributed by atoms with Crippen LogP contribution in [0.1, 0.15) is 41.8 Å². The van der Waals surface area contributed by atoms with Gasteiger partial charge in [0, 0.05) is 42.6 Å². The Morgan fingerprint density at radius 2 is 2.45 bits per heavy atom. The van der Waals surface area contributed by atoms with Crippen LogP contribution in [0.5, 0.6) is 0 Å². The average molecular weight is 340 g/mol. The molecular formula is C15H18ClN3O2S. The minimum Gasteiger partial charge on any atom is -0.342 e. The Kier molecular flexibility index (Phi) is 4.78. The fraction of sp³-hybridized carbons (Fsp3) is 0.533. The number of carbonyl (C=O) groups is 1. The van der Waals surface area contributed by atoms with Gasteiger partial charge in [-0.1, -0.05) is 16.8 Å². The number of hydrogen-bond donors (Lipinski definition) is 0. The predicted octanol–water partition coefficient (Wildman–Crippen LogP) is 3.43. The van der Waals surface area contributed by atoms with Crippen molar-refractivity contribution >= 4 is 28.8 Å². The van der Waals surface area contributed by atoms with E-state index in [1.165, 1.54) is 0 Å². The summed E-state index contributed by atoms with van der Waals surface area (Å²) in [4.78, 5) is 19.8. The van der Waals surface area contributed by atoms with Gasteiger partial charge < -0.3 is 9.42 Å². The van der Waals surface area contributed by atoms with Crippen molar-refractivity contribution in [1.82, 2.24) is 15.0 Å². The number of likely N-dealkylation sites (tertiary alicyclic amines) is 1. The number of nitrogens with zero attached hydrogens (tertiary/aromatic N) is 3. The summed E-state index contributed by atoms with van der Waals surface area (Å²) in [6.45, 7) is 3.29. The number of rotatable bonds is 4. The summed E-state index contributed by atoms with van der Waals surface area (Å²) in [7, 11) is 0. The first-order valence-electron chi connectivity index (χ1n) is 7.42. The maximum atomic E-state index is 12.4. The van der Waals surface area contributed by atoms with Gasteiger partial charge in [0.1, 0.15) is 0 Å². The van der Waals surface area contributed by atoms with Crippen molar-refractivity contribution in [3.8, 4) is 0 Å². The summed E-state index contributed by atoms with van der Waals surface area (Å²) in [5, 5.41) is 6.64. The molecule has 118 valence electrons. The standard InChI is InChI=1S/C15H18ClN3O2S/c1-10-17-15(18-21-10)11-3-2-6-19(8-11)14(20)5-4-13-7-12(16)9-22-13/h7,9,11H,2-6,8H2,1H3/t11-/m0/s1. The highest BCUT2D eigenvalue weighted by Crippen LogP contribution is 2.26. The molecule has 0 bridgehead atoms. The summed E-state index contributed by atoms with van der Waals surface area (Å²) in [5.41, 5.74) is 0. The molecule has 1 saturated heterocycles. The monoisotopic (exact) mass is 339 g/mol. The van der Waals surface area contributed by atoms with Gasteiger partial charge in [-0.25, -0.2) is 0 Å². The Bertz CT molecular complexity index is 655. The highest BCUT2D eigenvalue weighted by atomic mass is 35.5. The van der Waals surface area contributed by atoms with Gasteiger partial charge >= 0.3 is 0 Å². The molecule has 0 radical (unpaired) electrons. The topological polar surface area (TPSA) is 59.2 Å². The number of aromatic nitrogens is 2. The van der Waals surface area contributed by atoms with E-state index in [2.05, 4.69) is 10.1 Å². The summed E-state index contributed by atoms with van der Waals surface area (Å²) in [6.07, 6.45) is 3.26. The number of piperidine rings is 1. The average Bonchev–Trinajstić information content (AvgIpc) is 3.13. The largest absolute Gasteiger partial charge is 0.342 e. The van der Waals surface area contributed by atoms with Gasteiger partial charge in [0.2, 0.25) is 11.8 Å². The van der Waals surface area contributed by atoms with Gasteiger partial charge in [-0.2, -0.15) is 4.98 Å². The predicted molar refractivity (Wildman–Crippen MR) is 85.2 cm³/mol. The van der Waals surface area contributed by atoms with Crippen molar-refractivity contribution in [1.29, 1.82) is 0 Å². The fourth-order valence-electron chi connectivity index (χ4n) is 2.77. The zero-order valence-corrected chi connectivity index (χ0v) is 14.0. The first kappa shape index (κ1) is 15.5. The number of aryl methyl sites for hydroxylation is 2. The van der Waals surface area contributed by atoms with E-state index >= 15 is 0 Å². The smallest absolute Gasteiger partial charge is 0.223 e. The van der Waals surface area contributed by atoms with Crippen LogP contribution in [0.2, 0.25) is 5.02 Å². The third-order valence-corrected chi connectivity index (χ3v) is 5.23. The molecule has 0 unspecified atom stereocenters. The molecule has 1 aliphatic heterocycles. The molecule has 22 heavy (non-hydrogen) atoms. The number of hydrogen-bond acceptors (Lipinski definition) is 5. The summed E-state index contributed by atoms with van der Waals surface area (Å²) >= 11 is 7.51. The lowest BCUT2D eigenvalue weighted by atomic mass is 9.97. The van der Waals surface area contributed by atoms with Crippen molar-refractivity contribution in [3.05, 3.63) is 33.1 Å². The maximum Gasteiger partial charge on any atom is 0.223 e. The molecule has 2 aromatic heterocycles. The minimum atomic E-state index is 0.186. The van der Waals surface area contributed by atoms with E-state index in [-0.39, 0.29) is 11.8 Å². The second kappa shape index (κ2) is 6.79. The molecule has 1 atom stereocenters. The van der Waals surface area contributed by atoms with Crippen LogP contribution < -0.4 is 0 Å². The Labute approximate surface area is 138 Å². The van der Waals surface area contributed by atoms with Crippen molar-refractivity contribution in [2.24, 2.45) is 0 Å². The van der Waals surface area contributed by atoms with Gasteiger partial charge in [-0.05, 0) is 25.3 Å². The van der Waals surface area contributed by atoms with E-state index in [9.17, 15) is 4.79 Å². The van der Waals surface area contributed by atoms with Crippen molar-refractivity contribution in [2.45, 2.75) is 38.5 Å². The molecule has 0 saturated carbocycles. The maximum absolute atomic E-state index is 12.4. The molecule has 0 N–H and O–H groups in total. The van der Waals surface area contributed by atoms with E-state index in [0.717, 1.165) is 41.5 Å². The highest BCUT2D eigenvalue weighted by Gasteiger charge is 2.27. The molecule has 7 heteroatoms. The molecule has 0 aliphatic carbocycles. The fourth-order valence-corrected chi connectivity index (χ4v) is 3.85. The van der Waals surface area contributed by atoms with Crippen LogP contribution in [0, 0.1) is 6.92 Å². The molecule has 2 aromatic rings. The van der Waals surface area contributed by atoms with Crippen LogP contribution >= 0.6 is 22.9 Å². The zero-order valence-electron chi connectivity index (χ0n) is 12.4. The Balaban J connectivity index is 1.55. The van der Waals surface area contributed by atoms with E-state index < -0.39 is 0 Å². The Hall–Kier alpha value is -1.40. The van der Waals surface area contributed by atoms with Gasteiger partial charge in [0.25, 0.3) is 0 Å². The molecule has 1 amide bonds. The van der Waals surface area contributed by atoms with Crippen molar-refractivity contribution in [3.63, 3.8) is 0 Å². The molecule has 1 aliphatic rings. The first-order chi connectivity index (χ1) is 10.6. The van der Waals surface area contributed by atoms with Crippen LogP contribution in [0.4, 0.5) is 0 Å². The first-order valence-corrected chi connectivity index (χ1v) is 8.68. The number of amides is 1. The summed E-state index contributed by atoms with van der Waals surface area (Å²) in [5.74, 6) is 1.67. The van der Waals surface area contributed by atoms with E-state index in [1.807, 2.05) is 16.3 Å². The third kappa shape index (κ3) is 3.67. The lowest BCUT2D eigenvalue weighted by Crippen LogP contribution is -2.39. The molecule has 0 spiro atoms. The van der Waals surface area contributed by atoms with Gasteiger partial charge in [0.15, 0.2) is 5.82 Å². The van der Waals surface area contributed by atoms with Crippen LogP contribution in [0.25, 0.3) is 0 Å². The molecule has 3 rings (SSSR count). The second-order valence-electron chi connectivity index (χ2n) is 5.58. The van der Waals surface area contributed by atoms with Crippen molar-refractivity contribution in [2.75, 3.05) is 13.1 Å². The molecule has 0 aromatic carbocycles. The van der Waals surface area contributed by atoms with Gasteiger partial charge in [-0.3, -0.25) is 4.79 Å². The number of thiophene rings is 1. The summed E-state index contributed by atoms with van der Waals surface area (Å²) in [6, 6.07) is 1.93. The molecule has 5 nitrogen and oxygen atoms in total. The van der Waals surface area contributed by atoms with Crippen LogP contribution in [0.3, 0.4) is 0 Å². The van der Waals surface area contributed by atoms with E-state index in [1.54, 1.807) is 18.3 Å². The lowest BCUT2D eigenvalue weighted by molar-refractivity contribution is -0.132. The summed E-state index contributed by atoms with van der Waals surface area (Å²) < 4.78 is 5.05. The van der Waals surface area contributed by atoms with E-state index in [4.69, 9.17) is 16.1 Å². The van der Waals surface area contributed by atoms with Crippen LogP contribution in [-0.2, 0) is 11.2 Å². The SMILES string of the molecule is Cc1nc([C@H]2CCCN(C(=O)CCc3cc(Cl)cs3)C2)no1. The van der Waals surface area contributed by atoms with Crippen molar-refractivity contribution < 1.29 is 9.32 Å². The normalized spacial score (nSPS) is 18.6. The van der Waals surface area contributed by atoms with E-state index in [0.29, 0.717) is 18.9 Å². The van der Waals surface area contributed by atoms with Crippen LogP contribution in [0.15, 0.2) is 16.0 Å². The zero-order chi connectivity index (χ0) is 15.5. The third-order valence-electron chi connectivity index (χ3n) is 3.89. The Morgan fingerprint density at radius 3 is 3.14 bits per heavy atom. The number of carbonyl (C=O) groups excluding carboxylic acids is 1. The molecule has 3 heterocycles. The second-order valence-corrected chi connectivity index (χ2v) is 7.01. The highest BCUT2D eigenvalue weighted by molar-refractivity contribution is 7.10. The van der Waals surface area contributed by atoms with Gasteiger partial charge in [0.05, 0.1) is 5.02 Å². The quantitative estimate of drug-likeness (QED) is 0.856. The van der Waals surface area contributed by atoms with Gasteiger partial charge in [-0.15, -0.1) is 11.3 Å². The molecule has 1 fully saturated rings. The number of halogens is 1. The van der Waals surface area contributed by atoms with Crippen LogP contribution in [-0.4, -0.2) is 34.0 Å². The lowest BCUT2D eigenvalue weighted by Gasteiger charge is -2.31. The Morgan fingerprint density at radius 1 is 1.59 bits per heavy atom. The minimum absolute atomic E-state index is 0.186. The molecular weight excluding hydrogens is 322 g/mol.